The van der Waals surface area contributed by atoms with Crippen LogP contribution in [0.5, 0.6) is 0 Å². The van der Waals surface area contributed by atoms with E-state index in [0.717, 1.165) is 16.7 Å². The predicted octanol–water partition coefficient (Wildman–Crippen LogP) is 5.64. The molecule has 0 aliphatic rings. The van der Waals surface area contributed by atoms with Gasteiger partial charge in [0.15, 0.2) is 5.43 Å². The van der Waals surface area contributed by atoms with Gasteiger partial charge in [-0.1, -0.05) is 59.7 Å². The molecule has 0 bridgehead atoms. The maximum atomic E-state index is 13.1. The van der Waals surface area contributed by atoms with Crippen LogP contribution in [0.4, 0.5) is 10.5 Å². The van der Waals surface area contributed by atoms with Gasteiger partial charge in [-0.2, -0.15) is 0 Å². The zero-order chi connectivity index (χ0) is 21.8. The number of rotatable bonds is 5. The Kier molecular flexibility index (Phi) is 5.85. The van der Waals surface area contributed by atoms with E-state index in [1.54, 1.807) is 11.0 Å². The van der Waals surface area contributed by atoms with Gasteiger partial charge in [0, 0.05) is 12.2 Å². The lowest BCUT2D eigenvalue weighted by Gasteiger charge is -2.23. The number of fused-ring (bicyclic) bond motifs is 1. The summed E-state index contributed by atoms with van der Waals surface area (Å²) in [5.41, 5.74) is 4.63. The minimum absolute atomic E-state index is 0.119. The molecule has 4 rings (SSSR count). The molecule has 1 heterocycles. The molecule has 5 heteroatoms. The molecule has 0 aliphatic heterocycles. The molecule has 2 amide bonds. The number of hydrogen-bond donors (Lipinski definition) is 1. The van der Waals surface area contributed by atoms with Gasteiger partial charge in [-0.25, -0.2) is 4.79 Å². The summed E-state index contributed by atoms with van der Waals surface area (Å²) in [6.07, 6.45) is 1.46. The number of carbonyl (C=O) groups excluding carboxylic acids is 1. The second-order valence-corrected chi connectivity index (χ2v) is 7.73. The number of benzene rings is 3. The molecule has 4 aromatic rings. The van der Waals surface area contributed by atoms with Crippen molar-refractivity contribution in [2.75, 3.05) is 5.32 Å². The van der Waals surface area contributed by atoms with Gasteiger partial charge in [0.1, 0.15) is 5.58 Å². The quantitative estimate of drug-likeness (QED) is 0.461. The predicted molar refractivity (Wildman–Crippen MR) is 123 cm³/mol. The molecule has 3 aromatic carbocycles. The first-order valence-electron chi connectivity index (χ1n) is 10.2. The highest BCUT2D eigenvalue weighted by Gasteiger charge is 2.18. The van der Waals surface area contributed by atoms with E-state index in [1.807, 2.05) is 80.6 Å². The Morgan fingerprint density at radius 3 is 2.35 bits per heavy atom. The summed E-state index contributed by atoms with van der Waals surface area (Å²) < 4.78 is 5.68. The van der Waals surface area contributed by atoms with Crippen molar-refractivity contribution < 1.29 is 9.21 Å². The molecule has 1 N–H and O–H groups in total. The Balaban J connectivity index is 1.64. The van der Waals surface area contributed by atoms with Crippen LogP contribution in [0.25, 0.3) is 11.0 Å². The Bertz CT molecular complexity index is 1260. The fourth-order valence-electron chi connectivity index (χ4n) is 3.44. The number of hydrogen-bond acceptors (Lipinski definition) is 3. The molecule has 0 saturated heterocycles. The molecule has 0 aliphatic carbocycles. The lowest BCUT2D eigenvalue weighted by molar-refractivity contribution is 0.206. The van der Waals surface area contributed by atoms with Crippen LogP contribution in [0.15, 0.2) is 88.3 Å². The maximum absolute atomic E-state index is 13.1. The highest BCUT2D eigenvalue weighted by molar-refractivity contribution is 5.89. The molecule has 0 spiro atoms. The summed E-state index contributed by atoms with van der Waals surface area (Å²) in [6.45, 7) is 4.43. The Labute approximate surface area is 180 Å². The average molecular weight is 412 g/mol. The van der Waals surface area contributed by atoms with Gasteiger partial charge in [-0.05, 0) is 43.7 Å². The lowest BCUT2D eigenvalue weighted by Crippen LogP contribution is -2.35. The van der Waals surface area contributed by atoms with E-state index < -0.39 is 0 Å². The first-order chi connectivity index (χ1) is 15.0. The van der Waals surface area contributed by atoms with E-state index >= 15 is 0 Å². The molecule has 0 saturated carbocycles. The first kappa shape index (κ1) is 20.4. The zero-order valence-corrected chi connectivity index (χ0v) is 17.6. The third-order valence-electron chi connectivity index (χ3n) is 5.17. The van der Waals surface area contributed by atoms with Crippen LogP contribution in [0.3, 0.4) is 0 Å². The second-order valence-electron chi connectivity index (χ2n) is 7.73. The summed E-state index contributed by atoms with van der Waals surface area (Å²) in [5, 5.41) is 3.45. The minimum atomic E-state index is -0.281. The lowest BCUT2D eigenvalue weighted by atomic mass is 10.1. The SMILES string of the molecule is Cc1ccc(NC(=O)N(Cc2ccccc2)Cc2coc3ccc(C)cc3c2=O)cc1. The van der Waals surface area contributed by atoms with E-state index in [-0.39, 0.29) is 18.0 Å². The number of anilines is 1. The van der Waals surface area contributed by atoms with Crippen molar-refractivity contribution in [2.24, 2.45) is 0 Å². The molecule has 1 aromatic heterocycles. The Morgan fingerprint density at radius 2 is 1.61 bits per heavy atom. The number of carbonyl (C=O) groups is 1. The minimum Gasteiger partial charge on any atom is -0.464 e. The van der Waals surface area contributed by atoms with E-state index in [0.29, 0.717) is 28.8 Å². The number of amides is 2. The van der Waals surface area contributed by atoms with Gasteiger partial charge < -0.3 is 14.6 Å². The van der Waals surface area contributed by atoms with E-state index in [4.69, 9.17) is 4.42 Å². The summed E-state index contributed by atoms with van der Waals surface area (Å²) in [6, 6.07) is 22.5. The number of urea groups is 1. The monoisotopic (exact) mass is 412 g/mol. The van der Waals surface area contributed by atoms with Crippen molar-refractivity contribution in [3.05, 3.63) is 112 Å². The third kappa shape index (κ3) is 4.83. The molecule has 0 unspecified atom stereocenters. The van der Waals surface area contributed by atoms with Gasteiger partial charge in [0.2, 0.25) is 0 Å². The highest BCUT2D eigenvalue weighted by Crippen LogP contribution is 2.17. The van der Waals surface area contributed by atoms with Crippen molar-refractivity contribution >= 4 is 22.7 Å². The molecule has 156 valence electrons. The van der Waals surface area contributed by atoms with Crippen molar-refractivity contribution in [1.82, 2.24) is 4.90 Å². The average Bonchev–Trinajstić information content (AvgIpc) is 2.77. The van der Waals surface area contributed by atoms with E-state index in [9.17, 15) is 9.59 Å². The van der Waals surface area contributed by atoms with Crippen LogP contribution in [-0.2, 0) is 13.1 Å². The van der Waals surface area contributed by atoms with Crippen LogP contribution < -0.4 is 10.7 Å². The largest absolute Gasteiger partial charge is 0.464 e. The Morgan fingerprint density at radius 1 is 0.903 bits per heavy atom. The van der Waals surface area contributed by atoms with Crippen LogP contribution >= 0.6 is 0 Å². The molecule has 0 fully saturated rings. The molecular weight excluding hydrogens is 388 g/mol. The standard InChI is InChI=1S/C26H24N2O3/c1-18-8-11-22(12-9-18)27-26(30)28(15-20-6-4-3-5-7-20)16-21-17-31-24-13-10-19(2)14-23(24)25(21)29/h3-14,17H,15-16H2,1-2H3,(H,27,30). The molecule has 5 nitrogen and oxygen atoms in total. The number of nitrogens with zero attached hydrogens (tertiary/aromatic N) is 1. The van der Waals surface area contributed by atoms with Crippen molar-refractivity contribution in [3.63, 3.8) is 0 Å². The molecular formula is C26H24N2O3. The fraction of sp³-hybridized carbons (Fsp3) is 0.154. The molecule has 0 atom stereocenters. The second kappa shape index (κ2) is 8.88. The van der Waals surface area contributed by atoms with Crippen LogP contribution in [0.2, 0.25) is 0 Å². The van der Waals surface area contributed by atoms with Gasteiger partial charge >= 0.3 is 6.03 Å². The smallest absolute Gasteiger partial charge is 0.322 e. The molecule has 31 heavy (non-hydrogen) atoms. The van der Waals surface area contributed by atoms with Crippen LogP contribution in [-0.4, -0.2) is 10.9 Å². The highest BCUT2D eigenvalue weighted by atomic mass is 16.3. The fourth-order valence-corrected chi connectivity index (χ4v) is 3.44. The summed E-state index contributed by atoms with van der Waals surface area (Å²) in [7, 11) is 0. The summed E-state index contributed by atoms with van der Waals surface area (Å²) in [5.74, 6) is 0. The van der Waals surface area contributed by atoms with Crippen molar-refractivity contribution in [2.45, 2.75) is 26.9 Å². The van der Waals surface area contributed by atoms with E-state index in [2.05, 4.69) is 5.32 Å². The Hall–Kier alpha value is -3.86. The number of nitrogens with one attached hydrogen (secondary N) is 1. The zero-order valence-electron chi connectivity index (χ0n) is 17.6. The van der Waals surface area contributed by atoms with Gasteiger partial charge in [-0.3, -0.25) is 4.79 Å². The van der Waals surface area contributed by atoms with Gasteiger partial charge in [-0.15, -0.1) is 0 Å². The maximum Gasteiger partial charge on any atom is 0.322 e. The summed E-state index contributed by atoms with van der Waals surface area (Å²) >= 11 is 0. The van der Waals surface area contributed by atoms with Crippen LogP contribution in [0.1, 0.15) is 22.3 Å². The van der Waals surface area contributed by atoms with Crippen LogP contribution in [0, 0.1) is 13.8 Å². The first-order valence-corrected chi connectivity index (χ1v) is 10.2. The topological polar surface area (TPSA) is 62.6 Å². The summed E-state index contributed by atoms with van der Waals surface area (Å²) in [4.78, 5) is 27.8. The van der Waals surface area contributed by atoms with Gasteiger partial charge in [0.25, 0.3) is 0 Å². The van der Waals surface area contributed by atoms with Crippen molar-refractivity contribution in [3.8, 4) is 0 Å². The normalized spacial score (nSPS) is 10.8. The molecule has 0 radical (unpaired) electrons. The van der Waals surface area contributed by atoms with Gasteiger partial charge in [0.05, 0.1) is 23.8 Å². The van der Waals surface area contributed by atoms with Crippen molar-refractivity contribution in [1.29, 1.82) is 0 Å². The van der Waals surface area contributed by atoms with E-state index in [1.165, 1.54) is 6.26 Å². The third-order valence-corrected chi connectivity index (χ3v) is 5.17. The number of aryl methyl sites for hydroxylation is 2.